The van der Waals surface area contributed by atoms with Crippen molar-refractivity contribution in [3.63, 3.8) is 0 Å². The van der Waals surface area contributed by atoms with E-state index in [1.54, 1.807) is 13.8 Å². The van der Waals surface area contributed by atoms with Crippen LogP contribution in [-0.4, -0.2) is 11.1 Å². The molecule has 0 bridgehead atoms. The molecule has 0 aromatic rings. The lowest BCUT2D eigenvalue weighted by molar-refractivity contribution is -0.193. The average molecular weight is 137 g/mol. The van der Waals surface area contributed by atoms with E-state index < -0.39 is 7.60 Å². The van der Waals surface area contributed by atoms with Gasteiger partial charge in [-0.05, 0) is 5.92 Å². The van der Waals surface area contributed by atoms with E-state index in [0.717, 1.165) is 0 Å². The number of hydrogen-bond donors (Lipinski definition) is 1. The van der Waals surface area contributed by atoms with Gasteiger partial charge in [-0.25, -0.2) is 0 Å². The van der Waals surface area contributed by atoms with Gasteiger partial charge in [-0.2, -0.15) is 0 Å². The van der Waals surface area contributed by atoms with Gasteiger partial charge in [0.1, 0.15) is 7.60 Å². The van der Waals surface area contributed by atoms with Gasteiger partial charge in [-0.1, -0.05) is 13.8 Å². The Bertz CT molecular complexity index is 104. The van der Waals surface area contributed by atoms with Gasteiger partial charge in [0, 0.05) is 6.16 Å². The summed E-state index contributed by atoms with van der Waals surface area (Å²) in [6, 6.07) is 0. The van der Waals surface area contributed by atoms with E-state index >= 15 is 0 Å². The first-order valence-electron chi connectivity index (χ1n) is 2.44. The molecule has 0 aliphatic heterocycles. The molecule has 3 nitrogen and oxygen atoms in total. The highest BCUT2D eigenvalue weighted by molar-refractivity contribution is 7.50. The largest absolute Gasteiger partial charge is 0.779 e. The van der Waals surface area contributed by atoms with E-state index in [9.17, 15) is 9.46 Å². The summed E-state index contributed by atoms with van der Waals surface area (Å²) < 4.78 is 10.0. The minimum absolute atomic E-state index is 0.0170. The first-order chi connectivity index (χ1) is 3.42. The molecule has 1 atom stereocenters. The summed E-state index contributed by atoms with van der Waals surface area (Å²) in [7, 11) is -3.97. The lowest BCUT2D eigenvalue weighted by atomic mass is 10.3. The lowest BCUT2D eigenvalue weighted by Gasteiger charge is -2.16. The monoisotopic (exact) mass is 137 g/mol. The minimum Gasteiger partial charge on any atom is -0.779 e. The summed E-state index contributed by atoms with van der Waals surface area (Å²) in [4.78, 5) is 18.2. The molecule has 0 heterocycles. The first-order valence-corrected chi connectivity index (χ1v) is 4.21. The summed E-state index contributed by atoms with van der Waals surface area (Å²) >= 11 is 0. The summed E-state index contributed by atoms with van der Waals surface area (Å²) in [6.07, 6.45) is -0.118. The van der Waals surface area contributed by atoms with Crippen molar-refractivity contribution >= 4 is 7.60 Å². The normalized spacial score (nSPS) is 18.6. The van der Waals surface area contributed by atoms with Crippen molar-refractivity contribution < 1.29 is 14.4 Å². The molecule has 1 unspecified atom stereocenters. The molecule has 0 rings (SSSR count). The van der Waals surface area contributed by atoms with Crippen LogP contribution in [0.4, 0.5) is 0 Å². The van der Waals surface area contributed by atoms with E-state index in [-0.39, 0.29) is 12.1 Å². The van der Waals surface area contributed by atoms with Crippen LogP contribution in [0.15, 0.2) is 0 Å². The van der Waals surface area contributed by atoms with Crippen molar-refractivity contribution in [1.29, 1.82) is 0 Å². The third-order valence-corrected chi connectivity index (χ3v) is 1.79. The number of rotatable bonds is 2. The van der Waals surface area contributed by atoms with Crippen LogP contribution < -0.4 is 4.89 Å². The van der Waals surface area contributed by atoms with Crippen molar-refractivity contribution in [2.75, 3.05) is 6.16 Å². The van der Waals surface area contributed by atoms with Gasteiger partial charge in [-0.15, -0.1) is 0 Å². The Morgan fingerprint density at radius 1 is 1.75 bits per heavy atom. The minimum atomic E-state index is -3.97. The van der Waals surface area contributed by atoms with Crippen molar-refractivity contribution in [2.45, 2.75) is 13.8 Å². The molecule has 0 amide bonds. The lowest BCUT2D eigenvalue weighted by Crippen LogP contribution is -2.07. The third kappa shape index (κ3) is 6.15. The zero-order chi connectivity index (χ0) is 6.78. The van der Waals surface area contributed by atoms with Gasteiger partial charge in [0.05, 0.1) is 0 Å². The molecule has 0 spiro atoms. The fourth-order valence-electron chi connectivity index (χ4n) is 0.461. The Morgan fingerprint density at radius 2 is 2.12 bits per heavy atom. The predicted octanol–water partition coefficient (Wildman–Crippen LogP) is 0.188. The average Bonchev–Trinajstić information content (AvgIpc) is 1.21. The standard InChI is InChI=1S/C4H11O3P/c1-4(2)3-8(5,6)7/h4H,3H2,1-2H3,(H2,5,6,7)/p-1. The Labute approximate surface area is 48.9 Å². The van der Waals surface area contributed by atoms with Gasteiger partial charge < -0.3 is 14.4 Å². The molecule has 0 fully saturated rings. The van der Waals surface area contributed by atoms with Crippen molar-refractivity contribution in [2.24, 2.45) is 5.92 Å². The Morgan fingerprint density at radius 3 is 2.12 bits per heavy atom. The summed E-state index contributed by atoms with van der Waals surface area (Å²) in [5.41, 5.74) is 0. The van der Waals surface area contributed by atoms with Crippen LogP contribution in [0.25, 0.3) is 0 Å². The molecule has 0 saturated carbocycles. The van der Waals surface area contributed by atoms with Crippen LogP contribution >= 0.6 is 7.60 Å². The van der Waals surface area contributed by atoms with E-state index in [0.29, 0.717) is 0 Å². The Hall–Kier alpha value is 0.150. The summed E-state index contributed by atoms with van der Waals surface area (Å²) in [5.74, 6) is 0.0170. The highest BCUT2D eigenvalue weighted by Crippen LogP contribution is 2.31. The zero-order valence-electron chi connectivity index (χ0n) is 5.00. The zero-order valence-corrected chi connectivity index (χ0v) is 5.89. The molecule has 0 aromatic carbocycles. The maximum Gasteiger partial charge on any atom is 0.132 e. The van der Waals surface area contributed by atoms with Gasteiger partial charge >= 0.3 is 0 Å². The second-order valence-electron chi connectivity index (χ2n) is 2.21. The van der Waals surface area contributed by atoms with Crippen LogP contribution in [0.1, 0.15) is 13.8 Å². The molecule has 0 radical (unpaired) electrons. The Kier molecular flexibility index (Phi) is 2.67. The van der Waals surface area contributed by atoms with E-state index in [1.165, 1.54) is 0 Å². The van der Waals surface area contributed by atoms with E-state index in [2.05, 4.69) is 0 Å². The Balaban J connectivity index is 3.56. The predicted molar refractivity (Wildman–Crippen MR) is 29.5 cm³/mol. The molecular formula is C4H10O3P-. The quantitative estimate of drug-likeness (QED) is 0.552. The molecule has 8 heavy (non-hydrogen) atoms. The van der Waals surface area contributed by atoms with Gasteiger partial charge in [0.2, 0.25) is 0 Å². The summed E-state index contributed by atoms with van der Waals surface area (Å²) in [6.45, 7) is 3.47. The molecule has 50 valence electrons. The molecule has 0 saturated heterocycles. The van der Waals surface area contributed by atoms with Crippen LogP contribution in [0.5, 0.6) is 0 Å². The fourth-order valence-corrected chi connectivity index (χ4v) is 1.38. The third-order valence-electron chi connectivity index (χ3n) is 0.596. The molecular weight excluding hydrogens is 127 g/mol. The first kappa shape index (κ1) is 8.15. The summed E-state index contributed by atoms with van der Waals surface area (Å²) in [5, 5.41) is 0. The number of hydrogen-bond acceptors (Lipinski definition) is 2. The molecule has 0 aliphatic rings. The highest BCUT2D eigenvalue weighted by Gasteiger charge is 2.03. The van der Waals surface area contributed by atoms with Gasteiger partial charge in [0.15, 0.2) is 0 Å². The van der Waals surface area contributed by atoms with Gasteiger partial charge in [-0.3, -0.25) is 0 Å². The SMILES string of the molecule is CC(C)CP(=O)([O-])O. The van der Waals surface area contributed by atoms with Crippen molar-refractivity contribution in [1.82, 2.24) is 0 Å². The maximum atomic E-state index is 10.0. The topological polar surface area (TPSA) is 60.4 Å². The fraction of sp³-hybridized carbons (Fsp3) is 1.00. The molecule has 0 aromatic heterocycles. The molecule has 0 aliphatic carbocycles. The maximum absolute atomic E-state index is 10.0. The van der Waals surface area contributed by atoms with Crippen LogP contribution in [0.3, 0.4) is 0 Å². The van der Waals surface area contributed by atoms with Gasteiger partial charge in [0.25, 0.3) is 0 Å². The van der Waals surface area contributed by atoms with Crippen LogP contribution in [0.2, 0.25) is 0 Å². The molecule has 4 heteroatoms. The second-order valence-corrected chi connectivity index (χ2v) is 3.85. The van der Waals surface area contributed by atoms with Crippen molar-refractivity contribution in [3.8, 4) is 0 Å². The molecule has 1 N–H and O–H groups in total. The highest BCUT2D eigenvalue weighted by atomic mass is 31.2. The van der Waals surface area contributed by atoms with Crippen LogP contribution in [-0.2, 0) is 4.57 Å². The second kappa shape index (κ2) is 2.62. The smallest absolute Gasteiger partial charge is 0.132 e. The van der Waals surface area contributed by atoms with E-state index in [4.69, 9.17) is 4.89 Å². The van der Waals surface area contributed by atoms with Crippen LogP contribution in [0, 0.1) is 5.92 Å². The van der Waals surface area contributed by atoms with Crippen molar-refractivity contribution in [3.05, 3.63) is 0 Å². The van der Waals surface area contributed by atoms with E-state index in [1.807, 2.05) is 0 Å².